The molecule has 5 heteroatoms. The number of para-hydroxylation sites is 1. The Balaban J connectivity index is 1.89. The normalized spacial score (nSPS) is 11.7. The van der Waals surface area contributed by atoms with E-state index in [9.17, 15) is 4.79 Å². The van der Waals surface area contributed by atoms with Crippen LogP contribution in [0.4, 0.5) is 0 Å². The Bertz CT molecular complexity index is 788. The largest absolute Gasteiger partial charge is 0.496 e. The van der Waals surface area contributed by atoms with Crippen LogP contribution in [0.15, 0.2) is 65.5 Å². The fourth-order valence-electron chi connectivity index (χ4n) is 2.55. The van der Waals surface area contributed by atoms with Crippen LogP contribution >= 0.6 is 11.3 Å². The molecule has 0 spiro atoms. The lowest BCUT2D eigenvalue weighted by Gasteiger charge is -2.21. The van der Waals surface area contributed by atoms with E-state index in [-0.39, 0.29) is 11.9 Å². The number of methoxy groups -OCH3 is 1. The van der Waals surface area contributed by atoms with Gasteiger partial charge in [0.2, 0.25) is 5.91 Å². The van der Waals surface area contributed by atoms with E-state index in [0.29, 0.717) is 6.42 Å². The van der Waals surface area contributed by atoms with Gasteiger partial charge < -0.3 is 10.1 Å². The molecule has 0 aliphatic rings. The van der Waals surface area contributed by atoms with Gasteiger partial charge in [0.1, 0.15) is 5.75 Å². The standard InChI is InChI=1S/C19H18N2O2S/c1-23-17-8-3-2-6-15(17)19(16-7-4-5-10-20-16)21-18(22)12-14-9-11-24-13-14/h2-11,13,19H,12H2,1H3,(H,21,22)/t19-/m0/s1. The summed E-state index contributed by atoms with van der Waals surface area (Å²) < 4.78 is 5.46. The molecule has 4 nitrogen and oxygen atoms in total. The van der Waals surface area contributed by atoms with Gasteiger partial charge in [-0.05, 0) is 40.6 Å². The number of thiophene rings is 1. The predicted octanol–water partition coefficient (Wildman–Crippen LogP) is 3.60. The Morgan fingerprint density at radius 3 is 2.75 bits per heavy atom. The Morgan fingerprint density at radius 1 is 1.21 bits per heavy atom. The zero-order valence-corrected chi connectivity index (χ0v) is 14.1. The highest BCUT2D eigenvalue weighted by molar-refractivity contribution is 7.08. The maximum atomic E-state index is 12.5. The third-order valence-electron chi connectivity index (χ3n) is 3.68. The number of nitrogens with one attached hydrogen (secondary N) is 1. The summed E-state index contributed by atoms with van der Waals surface area (Å²) in [5, 5.41) is 7.04. The van der Waals surface area contributed by atoms with Crippen LogP contribution in [0.3, 0.4) is 0 Å². The van der Waals surface area contributed by atoms with Crippen molar-refractivity contribution in [2.45, 2.75) is 12.5 Å². The van der Waals surface area contributed by atoms with Crippen LogP contribution in [-0.4, -0.2) is 18.0 Å². The first kappa shape index (κ1) is 16.2. The maximum absolute atomic E-state index is 12.5. The monoisotopic (exact) mass is 338 g/mol. The lowest BCUT2D eigenvalue weighted by atomic mass is 10.0. The van der Waals surface area contributed by atoms with E-state index in [2.05, 4.69) is 10.3 Å². The second-order valence-electron chi connectivity index (χ2n) is 5.31. The molecule has 0 bridgehead atoms. The molecule has 2 aromatic heterocycles. The highest BCUT2D eigenvalue weighted by Gasteiger charge is 2.21. The Labute approximate surface area is 145 Å². The van der Waals surface area contributed by atoms with E-state index >= 15 is 0 Å². The molecule has 3 aromatic rings. The summed E-state index contributed by atoms with van der Waals surface area (Å²) in [4.78, 5) is 16.9. The van der Waals surface area contributed by atoms with Crippen molar-refractivity contribution in [2.24, 2.45) is 0 Å². The van der Waals surface area contributed by atoms with E-state index in [4.69, 9.17) is 4.74 Å². The van der Waals surface area contributed by atoms with Crippen molar-refractivity contribution in [3.05, 3.63) is 82.3 Å². The minimum Gasteiger partial charge on any atom is -0.496 e. The molecule has 0 saturated heterocycles. The summed E-state index contributed by atoms with van der Waals surface area (Å²) >= 11 is 1.59. The summed E-state index contributed by atoms with van der Waals surface area (Å²) in [6, 6.07) is 15.0. The SMILES string of the molecule is COc1ccccc1[C@H](NC(=O)Cc1ccsc1)c1ccccn1. The molecule has 1 amide bonds. The molecule has 1 atom stereocenters. The van der Waals surface area contributed by atoms with Crippen LogP contribution in [0.5, 0.6) is 5.75 Å². The third-order valence-corrected chi connectivity index (χ3v) is 4.42. The number of rotatable bonds is 6. The van der Waals surface area contributed by atoms with Crippen molar-refractivity contribution in [3.63, 3.8) is 0 Å². The van der Waals surface area contributed by atoms with E-state index in [1.807, 2.05) is 59.3 Å². The molecule has 1 aromatic carbocycles. The number of hydrogen-bond donors (Lipinski definition) is 1. The van der Waals surface area contributed by atoms with Gasteiger partial charge in [-0.15, -0.1) is 0 Å². The number of hydrogen-bond acceptors (Lipinski definition) is 4. The van der Waals surface area contributed by atoms with E-state index in [1.54, 1.807) is 24.6 Å². The van der Waals surface area contributed by atoms with Crippen molar-refractivity contribution >= 4 is 17.2 Å². The molecular weight excluding hydrogens is 320 g/mol. The van der Waals surface area contributed by atoms with Gasteiger partial charge in [0.05, 0.1) is 25.3 Å². The Morgan fingerprint density at radius 2 is 2.04 bits per heavy atom. The topological polar surface area (TPSA) is 51.2 Å². The number of carbonyl (C=O) groups excluding carboxylic acids is 1. The molecule has 0 fully saturated rings. The first-order valence-corrected chi connectivity index (χ1v) is 8.56. The molecule has 0 saturated carbocycles. The van der Waals surface area contributed by atoms with Gasteiger partial charge in [-0.1, -0.05) is 24.3 Å². The molecule has 122 valence electrons. The molecule has 3 rings (SSSR count). The summed E-state index contributed by atoms with van der Waals surface area (Å²) in [5.41, 5.74) is 2.68. The van der Waals surface area contributed by atoms with E-state index < -0.39 is 0 Å². The number of aromatic nitrogens is 1. The molecule has 0 aliphatic carbocycles. The summed E-state index contributed by atoms with van der Waals surface area (Å²) in [5.74, 6) is 0.680. The van der Waals surface area contributed by atoms with Crippen molar-refractivity contribution in [2.75, 3.05) is 7.11 Å². The summed E-state index contributed by atoms with van der Waals surface area (Å²) in [7, 11) is 1.63. The van der Waals surface area contributed by atoms with Gasteiger partial charge in [-0.2, -0.15) is 11.3 Å². The maximum Gasteiger partial charge on any atom is 0.225 e. The zero-order chi connectivity index (χ0) is 16.8. The number of amides is 1. The van der Waals surface area contributed by atoms with E-state index in [1.165, 1.54) is 0 Å². The van der Waals surface area contributed by atoms with Crippen LogP contribution in [-0.2, 0) is 11.2 Å². The van der Waals surface area contributed by atoms with Gasteiger partial charge in [0.15, 0.2) is 0 Å². The lowest BCUT2D eigenvalue weighted by molar-refractivity contribution is -0.120. The van der Waals surface area contributed by atoms with Crippen molar-refractivity contribution in [1.29, 1.82) is 0 Å². The molecular formula is C19H18N2O2S. The highest BCUT2D eigenvalue weighted by Crippen LogP contribution is 2.29. The van der Waals surface area contributed by atoms with Crippen LogP contribution in [0.25, 0.3) is 0 Å². The number of pyridine rings is 1. The highest BCUT2D eigenvalue weighted by atomic mass is 32.1. The number of ether oxygens (including phenoxy) is 1. The second-order valence-corrected chi connectivity index (χ2v) is 6.09. The third kappa shape index (κ3) is 3.81. The van der Waals surface area contributed by atoms with Crippen LogP contribution in [0.1, 0.15) is 22.9 Å². The Hall–Kier alpha value is -2.66. The van der Waals surface area contributed by atoms with Crippen LogP contribution in [0, 0.1) is 0 Å². The van der Waals surface area contributed by atoms with Crippen molar-refractivity contribution in [1.82, 2.24) is 10.3 Å². The molecule has 24 heavy (non-hydrogen) atoms. The number of carbonyl (C=O) groups is 1. The zero-order valence-electron chi connectivity index (χ0n) is 13.3. The van der Waals surface area contributed by atoms with Crippen molar-refractivity contribution in [3.8, 4) is 5.75 Å². The average Bonchev–Trinajstić information content (AvgIpc) is 3.13. The predicted molar refractivity (Wildman–Crippen MR) is 95.2 cm³/mol. The molecule has 0 unspecified atom stereocenters. The van der Waals surface area contributed by atoms with Crippen LogP contribution in [0.2, 0.25) is 0 Å². The van der Waals surface area contributed by atoms with E-state index in [0.717, 1.165) is 22.6 Å². The summed E-state index contributed by atoms with van der Waals surface area (Å²) in [6.45, 7) is 0. The fraction of sp³-hybridized carbons (Fsp3) is 0.158. The number of benzene rings is 1. The minimum atomic E-state index is -0.353. The minimum absolute atomic E-state index is 0.0463. The first-order chi connectivity index (χ1) is 11.8. The van der Waals surface area contributed by atoms with Gasteiger partial charge in [-0.25, -0.2) is 0 Å². The molecule has 2 heterocycles. The molecule has 0 aliphatic heterocycles. The first-order valence-electron chi connectivity index (χ1n) is 7.62. The van der Waals surface area contributed by atoms with Gasteiger partial charge in [0, 0.05) is 11.8 Å². The second kappa shape index (κ2) is 7.75. The van der Waals surface area contributed by atoms with Crippen molar-refractivity contribution < 1.29 is 9.53 Å². The quantitative estimate of drug-likeness (QED) is 0.747. The number of nitrogens with zero attached hydrogens (tertiary/aromatic N) is 1. The molecule has 0 radical (unpaired) electrons. The summed E-state index contributed by atoms with van der Waals surface area (Å²) in [6.07, 6.45) is 2.07. The van der Waals surface area contributed by atoms with Gasteiger partial charge >= 0.3 is 0 Å². The Kier molecular flexibility index (Phi) is 5.23. The lowest BCUT2D eigenvalue weighted by Crippen LogP contribution is -2.31. The molecule has 1 N–H and O–H groups in total. The van der Waals surface area contributed by atoms with Crippen LogP contribution < -0.4 is 10.1 Å². The van der Waals surface area contributed by atoms with Gasteiger partial charge in [0.25, 0.3) is 0 Å². The smallest absolute Gasteiger partial charge is 0.225 e. The average molecular weight is 338 g/mol. The van der Waals surface area contributed by atoms with Gasteiger partial charge in [-0.3, -0.25) is 9.78 Å². The fourth-order valence-corrected chi connectivity index (χ4v) is 3.22.